The van der Waals surface area contributed by atoms with Gasteiger partial charge in [-0.3, -0.25) is 4.79 Å². The maximum absolute atomic E-state index is 10.6. The van der Waals surface area contributed by atoms with Gasteiger partial charge in [0, 0.05) is 11.7 Å². The van der Waals surface area contributed by atoms with Crippen LogP contribution in [0.5, 0.6) is 0 Å². The van der Waals surface area contributed by atoms with E-state index >= 15 is 0 Å². The minimum absolute atomic E-state index is 0.370. The average molecular weight is 160 g/mol. The van der Waals surface area contributed by atoms with Crippen molar-refractivity contribution < 1.29 is 4.79 Å². The molecule has 1 aliphatic heterocycles. The summed E-state index contributed by atoms with van der Waals surface area (Å²) in [6.45, 7) is 5.69. The summed E-state index contributed by atoms with van der Waals surface area (Å²) < 4.78 is 0. The Balaban J connectivity index is 0.000000371. The lowest BCUT2D eigenvalue weighted by Gasteiger charge is -1.98. The van der Waals surface area contributed by atoms with Gasteiger partial charge in [0.2, 0.25) is 0 Å². The first-order valence-corrected chi connectivity index (χ1v) is 5.04. The standard InChI is InChI=1S/C6H10OS.C2H6/c1-5(7)6-2-3-8-4-6;1-2/h6H,2-4H2,1H3;1-2H3. The lowest BCUT2D eigenvalue weighted by molar-refractivity contribution is -0.119. The molecule has 1 atom stereocenters. The zero-order chi connectivity index (χ0) is 7.98. The van der Waals surface area contributed by atoms with Crippen LogP contribution in [-0.2, 0) is 4.79 Å². The van der Waals surface area contributed by atoms with Crippen LogP contribution in [0.1, 0.15) is 27.2 Å². The Hall–Kier alpha value is 0.0200. The predicted molar refractivity (Wildman–Crippen MR) is 47.5 cm³/mol. The Morgan fingerprint density at radius 2 is 2.10 bits per heavy atom. The van der Waals surface area contributed by atoms with Crippen molar-refractivity contribution in [3.63, 3.8) is 0 Å². The van der Waals surface area contributed by atoms with Crippen LogP contribution < -0.4 is 0 Å². The molecule has 1 unspecified atom stereocenters. The minimum atomic E-state index is 0.370. The molecule has 1 rings (SSSR count). The van der Waals surface area contributed by atoms with E-state index in [2.05, 4.69) is 0 Å². The van der Waals surface area contributed by atoms with E-state index < -0.39 is 0 Å². The molecule has 0 saturated carbocycles. The fourth-order valence-corrected chi connectivity index (χ4v) is 2.16. The number of hydrogen-bond acceptors (Lipinski definition) is 2. The van der Waals surface area contributed by atoms with Gasteiger partial charge in [0.1, 0.15) is 5.78 Å². The molecule has 10 heavy (non-hydrogen) atoms. The Labute approximate surface area is 67.6 Å². The zero-order valence-corrected chi connectivity index (χ0v) is 7.83. The van der Waals surface area contributed by atoms with E-state index in [-0.39, 0.29) is 0 Å². The molecule has 2 heteroatoms. The van der Waals surface area contributed by atoms with Crippen molar-refractivity contribution in [3.05, 3.63) is 0 Å². The molecular formula is C8H16OS. The summed E-state index contributed by atoms with van der Waals surface area (Å²) in [6, 6.07) is 0. The van der Waals surface area contributed by atoms with Gasteiger partial charge in [-0.1, -0.05) is 13.8 Å². The fourth-order valence-electron chi connectivity index (χ4n) is 0.855. The molecule has 60 valence electrons. The maximum atomic E-state index is 10.6. The summed E-state index contributed by atoms with van der Waals surface area (Å²) in [7, 11) is 0. The van der Waals surface area contributed by atoms with Crippen LogP contribution in [0.3, 0.4) is 0 Å². The fraction of sp³-hybridized carbons (Fsp3) is 0.875. The van der Waals surface area contributed by atoms with Crippen molar-refractivity contribution in [2.45, 2.75) is 27.2 Å². The molecule has 1 aliphatic rings. The second-order valence-electron chi connectivity index (χ2n) is 2.17. The van der Waals surface area contributed by atoms with Gasteiger partial charge < -0.3 is 0 Å². The third kappa shape index (κ3) is 3.25. The van der Waals surface area contributed by atoms with Gasteiger partial charge in [-0.15, -0.1) is 0 Å². The first-order chi connectivity index (χ1) is 4.80. The molecule has 0 radical (unpaired) electrons. The minimum Gasteiger partial charge on any atom is -0.300 e. The van der Waals surface area contributed by atoms with Gasteiger partial charge >= 0.3 is 0 Å². The summed E-state index contributed by atoms with van der Waals surface area (Å²) in [5.74, 6) is 3.01. The number of ketones is 1. The number of carbonyl (C=O) groups is 1. The van der Waals surface area contributed by atoms with Crippen molar-refractivity contribution in [1.82, 2.24) is 0 Å². The molecule has 0 aromatic carbocycles. The monoisotopic (exact) mass is 160 g/mol. The highest BCUT2D eigenvalue weighted by molar-refractivity contribution is 7.99. The Kier molecular flexibility index (Phi) is 5.79. The predicted octanol–water partition coefficient (Wildman–Crippen LogP) is 2.35. The van der Waals surface area contributed by atoms with Gasteiger partial charge in [-0.2, -0.15) is 11.8 Å². The molecule has 0 aromatic heterocycles. The molecule has 0 aromatic rings. The largest absolute Gasteiger partial charge is 0.300 e. The third-order valence-electron chi connectivity index (χ3n) is 1.50. The van der Waals surface area contributed by atoms with Gasteiger partial charge in [0.15, 0.2) is 0 Å². The Morgan fingerprint density at radius 3 is 2.30 bits per heavy atom. The molecule has 0 bridgehead atoms. The average Bonchev–Trinajstić information content (AvgIpc) is 2.42. The molecule has 0 spiro atoms. The smallest absolute Gasteiger partial charge is 0.133 e. The number of carbonyl (C=O) groups excluding carboxylic acids is 1. The zero-order valence-electron chi connectivity index (χ0n) is 7.02. The van der Waals surface area contributed by atoms with Crippen LogP contribution in [0.15, 0.2) is 0 Å². The van der Waals surface area contributed by atoms with Crippen molar-refractivity contribution in [3.8, 4) is 0 Å². The van der Waals surface area contributed by atoms with Gasteiger partial charge in [0.25, 0.3) is 0 Å². The summed E-state index contributed by atoms with van der Waals surface area (Å²) in [6.07, 6.45) is 1.11. The summed E-state index contributed by atoms with van der Waals surface area (Å²) in [5.41, 5.74) is 0. The summed E-state index contributed by atoms with van der Waals surface area (Å²) >= 11 is 1.89. The topological polar surface area (TPSA) is 17.1 Å². The van der Waals surface area contributed by atoms with Crippen LogP contribution in [0.25, 0.3) is 0 Å². The second-order valence-corrected chi connectivity index (χ2v) is 3.32. The lowest BCUT2D eigenvalue weighted by atomic mass is 10.1. The number of hydrogen-bond donors (Lipinski definition) is 0. The molecule has 1 fully saturated rings. The quantitative estimate of drug-likeness (QED) is 0.585. The molecular weight excluding hydrogens is 144 g/mol. The number of Topliss-reactive ketones (excluding diaryl/α,β-unsaturated/α-hetero) is 1. The van der Waals surface area contributed by atoms with Crippen molar-refractivity contribution in [1.29, 1.82) is 0 Å². The normalized spacial score (nSPS) is 23.3. The van der Waals surface area contributed by atoms with Crippen LogP contribution in [0.4, 0.5) is 0 Å². The summed E-state index contributed by atoms with van der Waals surface area (Å²) in [5, 5.41) is 0. The molecule has 0 amide bonds. The maximum Gasteiger partial charge on any atom is 0.133 e. The highest BCUT2D eigenvalue weighted by Gasteiger charge is 2.18. The van der Waals surface area contributed by atoms with Crippen LogP contribution in [-0.4, -0.2) is 17.3 Å². The van der Waals surface area contributed by atoms with Crippen molar-refractivity contribution in [2.75, 3.05) is 11.5 Å². The van der Waals surface area contributed by atoms with E-state index in [9.17, 15) is 4.79 Å². The van der Waals surface area contributed by atoms with E-state index in [4.69, 9.17) is 0 Å². The molecule has 0 aliphatic carbocycles. The number of rotatable bonds is 1. The van der Waals surface area contributed by atoms with Gasteiger partial charge in [0.05, 0.1) is 0 Å². The van der Waals surface area contributed by atoms with Gasteiger partial charge in [-0.05, 0) is 19.1 Å². The Bertz CT molecular complexity index is 95.4. The molecule has 1 saturated heterocycles. The van der Waals surface area contributed by atoms with Crippen molar-refractivity contribution in [2.24, 2.45) is 5.92 Å². The first kappa shape index (κ1) is 10.0. The van der Waals surface area contributed by atoms with E-state index in [0.717, 1.165) is 12.2 Å². The van der Waals surface area contributed by atoms with Crippen LogP contribution in [0, 0.1) is 5.92 Å². The van der Waals surface area contributed by atoms with E-state index in [0.29, 0.717) is 11.7 Å². The number of thioether (sulfide) groups is 1. The van der Waals surface area contributed by atoms with E-state index in [1.165, 1.54) is 5.75 Å². The highest BCUT2D eigenvalue weighted by Crippen LogP contribution is 2.23. The van der Waals surface area contributed by atoms with E-state index in [1.54, 1.807) is 6.92 Å². The lowest BCUT2D eigenvalue weighted by Crippen LogP contribution is -2.08. The first-order valence-electron chi connectivity index (χ1n) is 3.89. The second kappa shape index (κ2) is 5.78. The van der Waals surface area contributed by atoms with Crippen molar-refractivity contribution >= 4 is 17.5 Å². The third-order valence-corrected chi connectivity index (χ3v) is 2.67. The van der Waals surface area contributed by atoms with E-state index in [1.807, 2.05) is 25.6 Å². The summed E-state index contributed by atoms with van der Waals surface area (Å²) in [4.78, 5) is 10.6. The highest BCUT2D eigenvalue weighted by atomic mass is 32.2. The van der Waals surface area contributed by atoms with Crippen LogP contribution >= 0.6 is 11.8 Å². The Morgan fingerprint density at radius 1 is 1.50 bits per heavy atom. The molecule has 0 N–H and O–H groups in total. The van der Waals surface area contributed by atoms with Crippen LogP contribution in [0.2, 0.25) is 0 Å². The molecule has 1 nitrogen and oxygen atoms in total. The molecule has 1 heterocycles. The van der Waals surface area contributed by atoms with Gasteiger partial charge in [-0.25, -0.2) is 0 Å². The SMILES string of the molecule is CC.CC(=O)C1CCSC1.